The van der Waals surface area contributed by atoms with Crippen LogP contribution in [-0.2, 0) is 22.4 Å². The van der Waals surface area contributed by atoms with Crippen LogP contribution in [0.25, 0.3) is 11.5 Å². The number of carbonyl (C=O) groups excluding carboxylic acids is 1. The van der Waals surface area contributed by atoms with Crippen LogP contribution >= 0.6 is 0 Å². The zero-order valence-corrected chi connectivity index (χ0v) is 18.9. The molecule has 9 heteroatoms. The fourth-order valence-corrected chi connectivity index (χ4v) is 4.10. The molecular formula is C25H27N3O6. The number of hydrogen-bond acceptors (Lipinski definition) is 7. The third-order valence-electron chi connectivity index (χ3n) is 5.76. The highest BCUT2D eigenvalue weighted by molar-refractivity contribution is 5.74. The van der Waals surface area contributed by atoms with Crippen molar-refractivity contribution in [3.63, 3.8) is 0 Å². The monoisotopic (exact) mass is 465 g/mol. The topological polar surface area (TPSA) is 115 Å². The third kappa shape index (κ3) is 5.72. The SMILES string of the molecule is CCOC(=O)N1C[C@@H](Cc2cccc(OCCc3noc(-c4ccccc4)n3)c2)[C@@H](C(=O)O)C1. The molecule has 0 unspecified atom stereocenters. The fourth-order valence-electron chi connectivity index (χ4n) is 4.10. The summed E-state index contributed by atoms with van der Waals surface area (Å²) in [7, 11) is 0. The van der Waals surface area contributed by atoms with Crippen LogP contribution in [0.5, 0.6) is 5.75 Å². The number of aliphatic carboxylic acids is 1. The van der Waals surface area contributed by atoms with E-state index in [0.29, 0.717) is 43.5 Å². The summed E-state index contributed by atoms with van der Waals surface area (Å²) in [5.41, 5.74) is 1.81. The Morgan fingerprint density at radius 1 is 1.15 bits per heavy atom. The predicted octanol–water partition coefficient (Wildman–Crippen LogP) is 3.69. The van der Waals surface area contributed by atoms with E-state index in [2.05, 4.69) is 10.1 Å². The summed E-state index contributed by atoms with van der Waals surface area (Å²) in [5.74, 6) is -0.0298. The summed E-state index contributed by atoms with van der Waals surface area (Å²) in [6.07, 6.45) is 0.541. The van der Waals surface area contributed by atoms with Gasteiger partial charge in [0.05, 0.1) is 19.1 Å². The first-order chi connectivity index (χ1) is 16.5. The molecular weight excluding hydrogens is 438 g/mol. The lowest BCUT2D eigenvalue weighted by atomic mass is 9.90. The summed E-state index contributed by atoms with van der Waals surface area (Å²) < 4.78 is 16.2. The molecule has 1 N–H and O–H groups in total. The minimum absolute atomic E-state index is 0.157. The molecule has 0 spiro atoms. The van der Waals surface area contributed by atoms with Crippen molar-refractivity contribution >= 4 is 12.1 Å². The third-order valence-corrected chi connectivity index (χ3v) is 5.76. The summed E-state index contributed by atoms with van der Waals surface area (Å²) in [5, 5.41) is 13.6. The van der Waals surface area contributed by atoms with Crippen LogP contribution in [0.15, 0.2) is 59.1 Å². The van der Waals surface area contributed by atoms with E-state index < -0.39 is 18.0 Å². The lowest BCUT2D eigenvalue weighted by Crippen LogP contribution is -2.30. The molecule has 2 atom stereocenters. The molecule has 0 aliphatic carbocycles. The van der Waals surface area contributed by atoms with Crippen LogP contribution < -0.4 is 4.74 Å². The predicted molar refractivity (Wildman–Crippen MR) is 122 cm³/mol. The Hall–Kier alpha value is -3.88. The molecule has 1 saturated heterocycles. The fraction of sp³-hybridized carbons (Fsp3) is 0.360. The molecule has 1 fully saturated rings. The van der Waals surface area contributed by atoms with Crippen LogP contribution in [0.4, 0.5) is 4.79 Å². The van der Waals surface area contributed by atoms with Gasteiger partial charge in [-0.3, -0.25) is 4.79 Å². The smallest absolute Gasteiger partial charge is 0.409 e. The quantitative estimate of drug-likeness (QED) is 0.509. The maximum absolute atomic E-state index is 12.1. The zero-order chi connectivity index (χ0) is 23.9. The Morgan fingerprint density at radius 2 is 1.97 bits per heavy atom. The largest absolute Gasteiger partial charge is 0.493 e. The Balaban J connectivity index is 1.33. The van der Waals surface area contributed by atoms with Gasteiger partial charge in [-0.05, 0) is 49.1 Å². The van der Waals surface area contributed by atoms with E-state index in [-0.39, 0.29) is 19.1 Å². The van der Waals surface area contributed by atoms with Crippen LogP contribution in [-0.4, -0.2) is 58.5 Å². The standard InChI is InChI=1S/C25H27N3O6/c1-2-32-25(31)28-15-19(21(16-28)24(29)30)13-17-7-6-10-20(14-17)33-12-11-22-26-23(34-27-22)18-8-4-3-5-9-18/h3-10,14,19,21H,2,11-13,15-16H2,1H3,(H,29,30)/t19-,21+/m1/s1. The molecule has 1 amide bonds. The summed E-state index contributed by atoms with van der Waals surface area (Å²) in [6, 6.07) is 17.1. The van der Waals surface area contributed by atoms with Crippen molar-refractivity contribution in [2.75, 3.05) is 26.3 Å². The first kappa shape index (κ1) is 23.3. The van der Waals surface area contributed by atoms with Crippen LogP contribution in [0, 0.1) is 11.8 Å². The number of carbonyl (C=O) groups is 2. The van der Waals surface area contributed by atoms with Gasteiger partial charge >= 0.3 is 12.1 Å². The molecule has 9 nitrogen and oxygen atoms in total. The van der Waals surface area contributed by atoms with Gasteiger partial charge in [0.15, 0.2) is 5.82 Å². The second-order valence-electron chi connectivity index (χ2n) is 8.14. The van der Waals surface area contributed by atoms with Crippen molar-refractivity contribution in [1.82, 2.24) is 15.0 Å². The molecule has 1 aliphatic rings. The second-order valence-corrected chi connectivity index (χ2v) is 8.14. The number of ether oxygens (including phenoxy) is 2. The van der Waals surface area contributed by atoms with Gasteiger partial charge in [0.25, 0.3) is 5.89 Å². The highest BCUT2D eigenvalue weighted by Crippen LogP contribution is 2.29. The first-order valence-corrected chi connectivity index (χ1v) is 11.3. The van der Waals surface area contributed by atoms with Gasteiger partial charge in [0.2, 0.25) is 0 Å². The highest BCUT2D eigenvalue weighted by Gasteiger charge is 2.40. The lowest BCUT2D eigenvalue weighted by molar-refractivity contribution is -0.142. The molecule has 34 heavy (non-hydrogen) atoms. The number of nitrogens with zero attached hydrogens (tertiary/aromatic N) is 3. The van der Waals surface area contributed by atoms with E-state index in [0.717, 1.165) is 11.1 Å². The minimum atomic E-state index is -0.904. The van der Waals surface area contributed by atoms with Gasteiger partial charge < -0.3 is 24.0 Å². The molecule has 2 aromatic carbocycles. The molecule has 2 heterocycles. The van der Waals surface area contributed by atoms with E-state index in [4.69, 9.17) is 14.0 Å². The van der Waals surface area contributed by atoms with Gasteiger partial charge in [0, 0.05) is 25.1 Å². The zero-order valence-electron chi connectivity index (χ0n) is 18.9. The van der Waals surface area contributed by atoms with Crippen molar-refractivity contribution in [2.24, 2.45) is 11.8 Å². The Morgan fingerprint density at radius 3 is 2.74 bits per heavy atom. The molecule has 1 aromatic heterocycles. The molecule has 1 aliphatic heterocycles. The molecule has 0 saturated carbocycles. The number of likely N-dealkylation sites (tertiary alicyclic amines) is 1. The number of benzene rings is 2. The molecule has 0 radical (unpaired) electrons. The number of carboxylic acid groups (broad SMARTS) is 1. The number of amides is 1. The van der Waals surface area contributed by atoms with Gasteiger partial charge in [-0.25, -0.2) is 4.79 Å². The summed E-state index contributed by atoms with van der Waals surface area (Å²) >= 11 is 0. The highest BCUT2D eigenvalue weighted by atomic mass is 16.6. The number of hydrogen-bond donors (Lipinski definition) is 1. The summed E-state index contributed by atoms with van der Waals surface area (Å²) in [4.78, 5) is 29.7. The Kier molecular flexibility index (Phi) is 7.41. The molecule has 178 valence electrons. The first-order valence-electron chi connectivity index (χ1n) is 11.3. The second kappa shape index (κ2) is 10.8. The van der Waals surface area contributed by atoms with Crippen molar-refractivity contribution in [3.8, 4) is 17.2 Å². The van der Waals surface area contributed by atoms with E-state index >= 15 is 0 Å². The Labute approximate surface area is 197 Å². The number of aromatic nitrogens is 2. The molecule has 4 rings (SSSR count). The molecule has 0 bridgehead atoms. The van der Waals surface area contributed by atoms with E-state index in [1.165, 1.54) is 4.90 Å². The van der Waals surface area contributed by atoms with E-state index in [9.17, 15) is 14.7 Å². The lowest BCUT2D eigenvalue weighted by Gasteiger charge is -2.16. The van der Waals surface area contributed by atoms with Crippen molar-refractivity contribution in [2.45, 2.75) is 19.8 Å². The van der Waals surface area contributed by atoms with Crippen LogP contribution in [0.1, 0.15) is 18.3 Å². The van der Waals surface area contributed by atoms with Crippen molar-refractivity contribution in [1.29, 1.82) is 0 Å². The maximum Gasteiger partial charge on any atom is 0.409 e. The maximum atomic E-state index is 12.1. The van der Waals surface area contributed by atoms with Gasteiger partial charge in [0.1, 0.15) is 5.75 Å². The van der Waals surface area contributed by atoms with Crippen LogP contribution in [0.3, 0.4) is 0 Å². The Bertz CT molecular complexity index is 1120. The van der Waals surface area contributed by atoms with E-state index in [1.54, 1.807) is 6.92 Å². The molecule has 3 aromatic rings. The van der Waals surface area contributed by atoms with Crippen LogP contribution in [0.2, 0.25) is 0 Å². The normalized spacial score (nSPS) is 17.5. The van der Waals surface area contributed by atoms with Gasteiger partial charge in [-0.2, -0.15) is 4.98 Å². The van der Waals surface area contributed by atoms with Crippen molar-refractivity contribution in [3.05, 3.63) is 66.0 Å². The average Bonchev–Trinajstić information content (AvgIpc) is 3.48. The average molecular weight is 466 g/mol. The van der Waals surface area contributed by atoms with Gasteiger partial charge in [-0.15, -0.1) is 0 Å². The van der Waals surface area contributed by atoms with Crippen molar-refractivity contribution < 1.29 is 28.7 Å². The summed E-state index contributed by atoms with van der Waals surface area (Å²) in [6.45, 7) is 2.86. The van der Waals surface area contributed by atoms with Gasteiger partial charge in [-0.1, -0.05) is 35.5 Å². The minimum Gasteiger partial charge on any atom is -0.493 e. The number of rotatable bonds is 9. The van der Waals surface area contributed by atoms with E-state index in [1.807, 2.05) is 54.6 Å². The number of carboxylic acids is 1.